The Morgan fingerprint density at radius 3 is 2.28 bits per heavy atom. The Morgan fingerprint density at radius 2 is 1.72 bits per heavy atom. The average Bonchev–Trinajstić information content (AvgIpc) is 2.81. The van der Waals surface area contributed by atoms with E-state index in [0.29, 0.717) is 26.2 Å². The van der Waals surface area contributed by atoms with Crippen LogP contribution in [0.25, 0.3) is 0 Å². The van der Waals surface area contributed by atoms with Crippen molar-refractivity contribution in [1.29, 1.82) is 0 Å². The van der Waals surface area contributed by atoms with Crippen molar-refractivity contribution in [3.63, 3.8) is 0 Å². The third-order valence-corrected chi connectivity index (χ3v) is 4.75. The molecule has 1 aliphatic heterocycles. The summed E-state index contributed by atoms with van der Waals surface area (Å²) in [5.74, 6) is -0.636. The number of carbonyl (C=O) groups is 2. The van der Waals surface area contributed by atoms with Crippen LogP contribution < -0.4 is 14.4 Å². The number of hydrogen-bond acceptors (Lipinski definition) is 7. The van der Waals surface area contributed by atoms with Crippen LogP contribution in [0, 0.1) is 0 Å². The van der Waals surface area contributed by atoms with Gasteiger partial charge in [0.1, 0.15) is 5.75 Å². The number of hydrogen-bond donors (Lipinski definition) is 0. The number of piperazine rings is 1. The Hall–Kier alpha value is -3.50. The van der Waals surface area contributed by atoms with Gasteiger partial charge >= 0.3 is 12.1 Å². The van der Waals surface area contributed by atoms with Crippen LogP contribution in [-0.2, 0) is 9.53 Å². The second kappa shape index (κ2) is 10.2. The highest BCUT2D eigenvalue weighted by molar-refractivity contribution is 5.91. The highest BCUT2D eigenvalue weighted by Crippen LogP contribution is 2.21. The quantitative estimate of drug-likeness (QED) is 0.596. The number of ether oxygens (including phenoxy) is 3. The summed E-state index contributed by atoms with van der Waals surface area (Å²) in [6.07, 6.45) is -3.45. The van der Waals surface area contributed by atoms with Gasteiger partial charge < -0.3 is 24.0 Å². The number of methoxy groups -OCH3 is 1. The van der Waals surface area contributed by atoms with E-state index in [1.807, 2.05) is 24.3 Å². The Bertz CT molecular complexity index is 912. The van der Waals surface area contributed by atoms with Gasteiger partial charge in [0, 0.05) is 44.1 Å². The fourth-order valence-electron chi connectivity index (χ4n) is 3.05. The molecule has 1 aromatic heterocycles. The first-order valence-corrected chi connectivity index (χ1v) is 9.74. The van der Waals surface area contributed by atoms with Gasteiger partial charge in [-0.15, -0.1) is 0 Å². The van der Waals surface area contributed by atoms with Gasteiger partial charge in [0.15, 0.2) is 13.2 Å². The highest BCUT2D eigenvalue weighted by Gasteiger charge is 2.28. The molecule has 0 atom stereocenters. The first-order valence-electron chi connectivity index (χ1n) is 9.74. The van der Waals surface area contributed by atoms with Crippen molar-refractivity contribution >= 4 is 17.6 Å². The van der Waals surface area contributed by atoms with E-state index >= 15 is 0 Å². The standard InChI is InChI=1S/C21H22F3N3O5/c1-30-17-5-3-16(4-6-17)26-8-10-27(11-9-26)19(28)13-31-20(29)15-2-7-18(25-12-15)32-14-21(22,23)24/h2-7,12H,8-11,13-14H2,1H3. The second-order valence-electron chi connectivity index (χ2n) is 6.93. The van der Waals surface area contributed by atoms with Gasteiger partial charge in [0.05, 0.1) is 12.7 Å². The lowest BCUT2D eigenvalue weighted by Crippen LogP contribution is -2.49. The van der Waals surface area contributed by atoms with E-state index in [9.17, 15) is 22.8 Å². The molecule has 172 valence electrons. The van der Waals surface area contributed by atoms with Gasteiger partial charge in [0.25, 0.3) is 5.91 Å². The fraction of sp³-hybridized carbons (Fsp3) is 0.381. The molecule has 0 N–H and O–H groups in total. The molecule has 1 aromatic carbocycles. The molecule has 1 fully saturated rings. The van der Waals surface area contributed by atoms with Gasteiger partial charge in [-0.2, -0.15) is 13.2 Å². The number of alkyl halides is 3. The summed E-state index contributed by atoms with van der Waals surface area (Å²) in [5, 5.41) is 0. The summed E-state index contributed by atoms with van der Waals surface area (Å²) >= 11 is 0. The number of carbonyl (C=O) groups excluding carboxylic acids is 2. The normalized spacial score (nSPS) is 14.1. The summed E-state index contributed by atoms with van der Waals surface area (Å²) in [6, 6.07) is 9.99. The number of aromatic nitrogens is 1. The topological polar surface area (TPSA) is 81.2 Å². The first kappa shape index (κ1) is 23.2. The third-order valence-electron chi connectivity index (χ3n) is 4.75. The lowest BCUT2D eigenvalue weighted by Gasteiger charge is -2.36. The van der Waals surface area contributed by atoms with Crippen molar-refractivity contribution in [3.8, 4) is 11.6 Å². The number of esters is 1. The lowest BCUT2D eigenvalue weighted by molar-refractivity contribution is -0.154. The Kier molecular flexibility index (Phi) is 7.39. The maximum atomic E-state index is 12.4. The molecule has 32 heavy (non-hydrogen) atoms. The van der Waals surface area contributed by atoms with Crippen molar-refractivity contribution < 1.29 is 37.0 Å². The molecular weight excluding hydrogens is 431 g/mol. The van der Waals surface area contributed by atoms with Crippen molar-refractivity contribution in [3.05, 3.63) is 48.2 Å². The van der Waals surface area contributed by atoms with Crippen molar-refractivity contribution in [2.24, 2.45) is 0 Å². The molecule has 0 radical (unpaired) electrons. The summed E-state index contributed by atoms with van der Waals surface area (Å²) in [6.45, 7) is 0.312. The minimum atomic E-state index is -4.49. The van der Waals surface area contributed by atoms with Gasteiger partial charge in [-0.25, -0.2) is 9.78 Å². The van der Waals surface area contributed by atoms with E-state index in [1.165, 1.54) is 6.07 Å². The minimum Gasteiger partial charge on any atom is -0.497 e. The van der Waals surface area contributed by atoms with Crippen molar-refractivity contribution in [1.82, 2.24) is 9.88 Å². The van der Waals surface area contributed by atoms with E-state index in [-0.39, 0.29) is 17.4 Å². The molecule has 1 aliphatic rings. The SMILES string of the molecule is COc1ccc(N2CCN(C(=O)COC(=O)c3ccc(OCC(F)(F)F)nc3)CC2)cc1. The Morgan fingerprint density at radius 1 is 1.03 bits per heavy atom. The number of amides is 1. The molecule has 0 unspecified atom stereocenters. The number of rotatable bonds is 7. The fourth-order valence-corrected chi connectivity index (χ4v) is 3.05. The van der Waals surface area contributed by atoms with E-state index in [2.05, 4.69) is 14.6 Å². The molecular formula is C21H22F3N3O5. The predicted molar refractivity (Wildman–Crippen MR) is 108 cm³/mol. The largest absolute Gasteiger partial charge is 0.497 e. The molecule has 1 amide bonds. The number of anilines is 1. The zero-order valence-corrected chi connectivity index (χ0v) is 17.3. The van der Waals surface area contributed by atoms with E-state index in [4.69, 9.17) is 9.47 Å². The van der Waals surface area contributed by atoms with E-state index in [0.717, 1.165) is 23.7 Å². The molecule has 0 saturated carbocycles. The second-order valence-corrected chi connectivity index (χ2v) is 6.93. The molecule has 3 rings (SSSR count). The summed E-state index contributed by atoms with van der Waals surface area (Å²) < 4.78 is 51.1. The van der Waals surface area contributed by atoms with Crippen molar-refractivity contribution in [2.45, 2.75) is 6.18 Å². The monoisotopic (exact) mass is 453 g/mol. The van der Waals surface area contributed by atoms with Crippen LogP contribution in [0.2, 0.25) is 0 Å². The molecule has 8 nitrogen and oxygen atoms in total. The van der Waals surface area contributed by atoms with Crippen LogP contribution in [0.1, 0.15) is 10.4 Å². The summed E-state index contributed by atoms with van der Waals surface area (Å²) in [5.41, 5.74) is 1.03. The van der Waals surface area contributed by atoms with Crippen LogP contribution in [-0.4, -0.2) is 74.4 Å². The predicted octanol–water partition coefficient (Wildman–Crippen LogP) is 2.54. The zero-order valence-electron chi connectivity index (χ0n) is 17.3. The molecule has 2 aromatic rings. The summed E-state index contributed by atoms with van der Waals surface area (Å²) in [7, 11) is 1.60. The van der Waals surface area contributed by atoms with Gasteiger partial charge in [-0.05, 0) is 30.3 Å². The van der Waals surface area contributed by atoms with Crippen LogP contribution >= 0.6 is 0 Å². The van der Waals surface area contributed by atoms with Gasteiger partial charge in [-0.3, -0.25) is 4.79 Å². The smallest absolute Gasteiger partial charge is 0.422 e. The highest BCUT2D eigenvalue weighted by atomic mass is 19.4. The number of nitrogens with zero attached hydrogens (tertiary/aromatic N) is 3. The number of pyridine rings is 1. The van der Waals surface area contributed by atoms with E-state index < -0.39 is 25.4 Å². The molecule has 0 bridgehead atoms. The first-order chi connectivity index (χ1) is 15.2. The molecule has 0 aliphatic carbocycles. The molecule has 11 heteroatoms. The molecule has 0 spiro atoms. The molecule has 2 heterocycles. The van der Waals surface area contributed by atoms with E-state index in [1.54, 1.807) is 12.0 Å². The average molecular weight is 453 g/mol. The Balaban J connectivity index is 1.43. The van der Waals surface area contributed by atoms with Crippen LogP contribution in [0.5, 0.6) is 11.6 Å². The zero-order chi connectivity index (χ0) is 23.1. The van der Waals surface area contributed by atoms with Crippen molar-refractivity contribution in [2.75, 3.05) is 51.4 Å². The minimum absolute atomic E-state index is 0.00137. The Labute approximate surface area is 182 Å². The van der Waals surface area contributed by atoms with Crippen LogP contribution in [0.4, 0.5) is 18.9 Å². The maximum Gasteiger partial charge on any atom is 0.422 e. The van der Waals surface area contributed by atoms with Gasteiger partial charge in [-0.1, -0.05) is 0 Å². The lowest BCUT2D eigenvalue weighted by atomic mass is 10.2. The number of benzene rings is 1. The maximum absolute atomic E-state index is 12.4. The number of halogens is 3. The summed E-state index contributed by atoms with van der Waals surface area (Å²) in [4.78, 5) is 31.8. The van der Waals surface area contributed by atoms with Crippen LogP contribution in [0.3, 0.4) is 0 Å². The third kappa shape index (κ3) is 6.50. The van der Waals surface area contributed by atoms with Crippen LogP contribution in [0.15, 0.2) is 42.6 Å². The molecule has 1 saturated heterocycles. The van der Waals surface area contributed by atoms with Gasteiger partial charge in [0.2, 0.25) is 5.88 Å².